The normalized spacial score (nSPS) is 19.4. The standard InChI is InChI=1S/C16H22F2N2O4.ClH/c1-2-22-12-5-3-4-10(14(12)24-16(17)18)9-20-15(21)13-7-6-11(8-19)23-13;/h3-5,11,13,16H,2,6-9,19H2,1H3,(H,20,21);1H/t11-,13+;/m1./s1. The van der Waals surface area contributed by atoms with E-state index in [1.807, 2.05) is 0 Å². The number of nitrogens with two attached hydrogens (primary N) is 1. The number of carbonyl (C=O) groups is 1. The zero-order valence-electron chi connectivity index (χ0n) is 13.9. The highest BCUT2D eigenvalue weighted by Gasteiger charge is 2.29. The number of amides is 1. The van der Waals surface area contributed by atoms with Gasteiger partial charge in [0.15, 0.2) is 11.5 Å². The molecule has 1 fully saturated rings. The average Bonchev–Trinajstić information content (AvgIpc) is 3.04. The van der Waals surface area contributed by atoms with Gasteiger partial charge in [-0.3, -0.25) is 4.79 Å². The largest absolute Gasteiger partial charge is 0.490 e. The van der Waals surface area contributed by atoms with Gasteiger partial charge in [0.05, 0.1) is 12.7 Å². The lowest BCUT2D eigenvalue weighted by Crippen LogP contribution is -2.35. The highest BCUT2D eigenvalue weighted by molar-refractivity contribution is 5.85. The van der Waals surface area contributed by atoms with E-state index in [0.29, 0.717) is 25.1 Å². The zero-order chi connectivity index (χ0) is 17.5. The topological polar surface area (TPSA) is 82.8 Å². The van der Waals surface area contributed by atoms with Crippen molar-refractivity contribution in [1.82, 2.24) is 5.32 Å². The Morgan fingerprint density at radius 1 is 1.44 bits per heavy atom. The molecule has 3 N–H and O–H groups in total. The molecule has 25 heavy (non-hydrogen) atoms. The zero-order valence-corrected chi connectivity index (χ0v) is 14.7. The fourth-order valence-electron chi connectivity index (χ4n) is 2.56. The summed E-state index contributed by atoms with van der Waals surface area (Å²) in [6.45, 7) is -0.524. The molecule has 2 rings (SSSR count). The van der Waals surface area contributed by atoms with Gasteiger partial charge >= 0.3 is 6.61 Å². The fraction of sp³-hybridized carbons (Fsp3) is 0.562. The van der Waals surface area contributed by atoms with Crippen molar-refractivity contribution in [3.8, 4) is 11.5 Å². The number of benzene rings is 1. The molecule has 1 amide bonds. The van der Waals surface area contributed by atoms with Crippen LogP contribution in [0.15, 0.2) is 18.2 Å². The van der Waals surface area contributed by atoms with Crippen LogP contribution in [0.4, 0.5) is 8.78 Å². The SMILES string of the molecule is CCOc1cccc(CNC(=O)[C@@H]2CC[C@H](CN)O2)c1OC(F)F.Cl. The first kappa shape index (κ1) is 21.4. The van der Waals surface area contributed by atoms with Crippen LogP contribution in [0.25, 0.3) is 0 Å². The predicted molar refractivity (Wildman–Crippen MR) is 90.3 cm³/mol. The van der Waals surface area contributed by atoms with Gasteiger partial charge in [0.25, 0.3) is 0 Å². The van der Waals surface area contributed by atoms with Crippen LogP contribution in [-0.2, 0) is 16.1 Å². The van der Waals surface area contributed by atoms with Gasteiger partial charge in [-0.15, -0.1) is 12.4 Å². The van der Waals surface area contributed by atoms with Crippen molar-refractivity contribution in [1.29, 1.82) is 0 Å². The van der Waals surface area contributed by atoms with Crippen molar-refractivity contribution < 1.29 is 27.8 Å². The molecule has 0 spiro atoms. The summed E-state index contributed by atoms with van der Waals surface area (Å²) in [4.78, 5) is 12.1. The number of rotatable bonds is 8. The molecular formula is C16H23ClF2N2O4. The number of carbonyl (C=O) groups excluding carboxylic acids is 1. The van der Waals surface area contributed by atoms with Crippen LogP contribution in [0.5, 0.6) is 11.5 Å². The Balaban J connectivity index is 0.00000312. The summed E-state index contributed by atoms with van der Waals surface area (Å²) in [6.07, 6.45) is 0.647. The summed E-state index contributed by atoms with van der Waals surface area (Å²) in [7, 11) is 0. The molecule has 1 aromatic rings. The van der Waals surface area contributed by atoms with Crippen molar-refractivity contribution in [3.05, 3.63) is 23.8 Å². The predicted octanol–water partition coefficient (Wildman–Crippen LogP) is 2.23. The van der Waals surface area contributed by atoms with E-state index >= 15 is 0 Å². The molecule has 1 aliphatic rings. The van der Waals surface area contributed by atoms with E-state index in [9.17, 15) is 13.6 Å². The minimum atomic E-state index is -2.98. The van der Waals surface area contributed by atoms with E-state index in [-0.39, 0.29) is 42.5 Å². The second-order valence-corrected chi connectivity index (χ2v) is 5.33. The minimum absolute atomic E-state index is 0. The van der Waals surface area contributed by atoms with Gasteiger partial charge in [0.1, 0.15) is 6.10 Å². The van der Waals surface area contributed by atoms with Crippen LogP contribution in [0.3, 0.4) is 0 Å². The molecule has 1 aliphatic heterocycles. The lowest BCUT2D eigenvalue weighted by atomic mass is 10.1. The summed E-state index contributed by atoms with van der Waals surface area (Å²) in [5.41, 5.74) is 5.92. The van der Waals surface area contributed by atoms with Crippen molar-refractivity contribution in [3.63, 3.8) is 0 Å². The molecule has 1 heterocycles. The maximum Gasteiger partial charge on any atom is 0.387 e. The molecule has 0 saturated carbocycles. The van der Waals surface area contributed by atoms with Crippen molar-refractivity contribution in [2.24, 2.45) is 5.73 Å². The van der Waals surface area contributed by atoms with Crippen molar-refractivity contribution in [2.75, 3.05) is 13.2 Å². The van der Waals surface area contributed by atoms with E-state index in [4.69, 9.17) is 15.2 Å². The Labute approximate surface area is 151 Å². The van der Waals surface area contributed by atoms with Gasteiger partial charge < -0.3 is 25.3 Å². The lowest BCUT2D eigenvalue weighted by molar-refractivity contribution is -0.132. The molecule has 0 unspecified atom stereocenters. The summed E-state index contributed by atoms with van der Waals surface area (Å²) in [6, 6.07) is 4.79. The Morgan fingerprint density at radius 3 is 2.80 bits per heavy atom. The van der Waals surface area contributed by atoms with Crippen LogP contribution < -0.4 is 20.5 Å². The number of hydrogen-bond acceptors (Lipinski definition) is 5. The fourth-order valence-corrected chi connectivity index (χ4v) is 2.56. The number of hydrogen-bond donors (Lipinski definition) is 2. The summed E-state index contributed by atoms with van der Waals surface area (Å²) >= 11 is 0. The maximum absolute atomic E-state index is 12.7. The Kier molecular flexibility index (Phi) is 8.88. The summed E-state index contributed by atoms with van der Waals surface area (Å²) in [5, 5.41) is 2.68. The van der Waals surface area contributed by atoms with Crippen LogP contribution in [0.1, 0.15) is 25.3 Å². The Morgan fingerprint density at radius 2 is 2.20 bits per heavy atom. The van der Waals surface area contributed by atoms with Gasteiger partial charge in [-0.2, -0.15) is 8.78 Å². The number of para-hydroxylation sites is 1. The van der Waals surface area contributed by atoms with Gasteiger partial charge in [-0.25, -0.2) is 0 Å². The van der Waals surface area contributed by atoms with Gasteiger partial charge in [0, 0.05) is 18.7 Å². The molecule has 1 aromatic carbocycles. The number of halogens is 3. The van der Waals surface area contributed by atoms with Crippen LogP contribution in [-0.4, -0.2) is 37.9 Å². The molecule has 0 aliphatic carbocycles. The van der Waals surface area contributed by atoms with Crippen LogP contribution in [0.2, 0.25) is 0 Å². The second-order valence-electron chi connectivity index (χ2n) is 5.33. The van der Waals surface area contributed by atoms with Gasteiger partial charge in [-0.05, 0) is 25.8 Å². The quantitative estimate of drug-likeness (QED) is 0.722. The monoisotopic (exact) mass is 380 g/mol. The minimum Gasteiger partial charge on any atom is -0.490 e. The van der Waals surface area contributed by atoms with Crippen molar-refractivity contribution in [2.45, 2.75) is 45.1 Å². The number of alkyl halides is 2. The van der Waals surface area contributed by atoms with Crippen molar-refractivity contribution >= 4 is 18.3 Å². The van der Waals surface area contributed by atoms with Crippen LogP contribution in [0, 0.1) is 0 Å². The summed E-state index contributed by atoms with van der Waals surface area (Å²) < 4.78 is 40.7. The first-order chi connectivity index (χ1) is 11.5. The molecule has 142 valence electrons. The molecule has 9 heteroatoms. The number of ether oxygens (including phenoxy) is 3. The van der Waals surface area contributed by atoms with Crippen LogP contribution >= 0.6 is 12.4 Å². The van der Waals surface area contributed by atoms with Gasteiger partial charge in [0.2, 0.25) is 5.91 Å². The molecule has 0 radical (unpaired) electrons. The first-order valence-electron chi connectivity index (χ1n) is 7.87. The van der Waals surface area contributed by atoms with Gasteiger partial charge in [-0.1, -0.05) is 12.1 Å². The average molecular weight is 381 g/mol. The van der Waals surface area contributed by atoms with E-state index in [1.165, 1.54) is 0 Å². The molecular weight excluding hydrogens is 358 g/mol. The first-order valence-corrected chi connectivity index (χ1v) is 7.87. The maximum atomic E-state index is 12.7. The summed E-state index contributed by atoms with van der Waals surface area (Å²) in [5.74, 6) is -0.151. The smallest absolute Gasteiger partial charge is 0.387 e. The highest BCUT2D eigenvalue weighted by atomic mass is 35.5. The van der Waals surface area contributed by atoms with E-state index in [2.05, 4.69) is 10.1 Å². The lowest BCUT2D eigenvalue weighted by Gasteiger charge is -2.17. The van der Waals surface area contributed by atoms with E-state index < -0.39 is 12.7 Å². The van der Waals surface area contributed by atoms with E-state index in [1.54, 1.807) is 25.1 Å². The Bertz CT molecular complexity index is 563. The third-order valence-corrected chi connectivity index (χ3v) is 3.68. The number of nitrogens with one attached hydrogen (secondary N) is 1. The Hall–Kier alpha value is -1.64. The molecule has 0 aromatic heterocycles. The van der Waals surface area contributed by atoms with E-state index in [0.717, 1.165) is 6.42 Å². The third kappa shape index (κ3) is 5.98. The molecule has 2 atom stereocenters. The highest BCUT2D eigenvalue weighted by Crippen LogP contribution is 2.32. The molecule has 6 nitrogen and oxygen atoms in total. The molecule has 0 bridgehead atoms. The third-order valence-electron chi connectivity index (χ3n) is 3.68. The molecule has 1 saturated heterocycles. The second kappa shape index (κ2) is 10.4.